The number of benzene rings is 2. The predicted molar refractivity (Wildman–Crippen MR) is 124 cm³/mol. The van der Waals surface area contributed by atoms with E-state index >= 15 is 0 Å². The van der Waals surface area contributed by atoms with Gasteiger partial charge in [-0.25, -0.2) is 0 Å². The minimum absolute atomic E-state index is 0.224. The van der Waals surface area contributed by atoms with E-state index in [0.717, 1.165) is 17.0 Å². The highest BCUT2D eigenvalue weighted by molar-refractivity contribution is 8.00. The second-order valence-electron chi connectivity index (χ2n) is 6.72. The number of amides is 1. The van der Waals surface area contributed by atoms with E-state index in [9.17, 15) is 4.79 Å². The maximum Gasteiger partial charge on any atom is 0.237 e. The molecule has 1 N–H and O–H groups in total. The van der Waals surface area contributed by atoms with Crippen LogP contribution in [0, 0.1) is 6.92 Å². The second kappa shape index (κ2) is 9.18. The van der Waals surface area contributed by atoms with Gasteiger partial charge in [-0.2, -0.15) is 0 Å². The summed E-state index contributed by atoms with van der Waals surface area (Å²) in [4.78, 5) is 12.8. The second-order valence-corrected chi connectivity index (χ2v) is 8.81. The molecule has 0 spiro atoms. The number of aryl methyl sites for hydroxylation is 1. The summed E-state index contributed by atoms with van der Waals surface area (Å²) in [6.07, 6.45) is 1.62. The fourth-order valence-electron chi connectivity index (χ4n) is 2.99. The SMILES string of the molecule is Cc1occc1-c1nnc(SC(C)C(=O)Nc2cccc(Cl)c2Cl)n1-c1ccccc1. The normalized spacial score (nSPS) is 12.0. The summed E-state index contributed by atoms with van der Waals surface area (Å²) in [5.74, 6) is 1.16. The average Bonchev–Trinajstić information content (AvgIpc) is 3.37. The van der Waals surface area contributed by atoms with Gasteiger partial charge in [-0.1, -0.05) is 59.2 Å². The van der Waals surface area contributed by atoms with Crippen molar-refractivity contribution >= 4 is 46.6 Å². The van der Waals surface area contributed by atoms with Crippen LogP contribution in [0.3, 0.4) is 0 Å². The molecule has 2 aromatic carbocycles. The van der Waals surface area contributed by atoms with Crippen LogP contribution in [0.2, 0.25) is 10.0 Å². The molecule has 9 heteroatoms. The molecular weight excluding hydrogens is 455 g/mol. The lowest BCUT2D eigenvalue weighted by Crippen LogP contribution is -2.23. The highest BCUT2D eigenvalue weighted by Gasteiger charge is 2.23. The molecule has 31 heavy (non-hydrogen) atoms. The molecule has 1 amide bonds. The number of furan rings is 1. The molecule has 158 valence electrons. The summed E-state index contributed by atoms with van der Waals surface area (Å²) in [5.41, 5.74) is 2.19. The Hall–Kier alpha value is -2.74. The molecule has 2 aromatic heterocycles. The van der Waals surface area contributed by atoms with Gasteiger partial charge >= 0.3 is 0 Å². The van der Waals surface area contributed by atoms with E-state index in [2.05, 4.69) is 15.5 Å². The van der Waals surface area contributed by atoms with E-state index in [-0.39, 0.29) is 5.91 Å². The van der Waals surface area contributed by atoms with Crippen LogP contribution in [-0.4, -0.2) is 25.9 Å². The molecule has 1 unspecified atom stereocenters. The lowest BCUT2D eigenvalue weighted by Gasteiger charge is -2.14. The van der Waals surface area contributed by atoms with Gasteiger partial charge in [0.2, 0.25) is 5.91 Å². The zero-order chi connectivity index (χ0) is 22.0. The first kappa shape index (κ1) is 21.5. The summed E-state index contributed by atoms with van der Waals surface area (Å²) in [5, 5.41) is 12.4. The molecule has 0 radical (unpaired) electrons. The lowest BCUT2D eigenvalue weighted by molar-refractivity contribution is -0.115. The number of thioether (sulfide) groups is 1. The number of para-hydroxylation sites is 1. The number of aromatic nitrogens is 3. The topological polar surface area (TPSA) is 72.9 Å². The quantitative estimate of drug-likeness (QED) is 0.335. The number of carbonyl (C=O) groups excluding carboxylic acids is 1. The molecular formula is C22H18Cl2N4O2S. The molecule has 0 aliphatic rings. The van der Waals surface area contributed by atoms with Gasteiger partial charge in [0.15, 0.2) is 11.0 Å². The number of nitrogens with one attached hydrogen (secondary N) is 1. The molecule has 0 aliphatic heterocycles. The number of rotatable bonds is 6. The number of carbonyl (C=O) groups is 1. The third-order valence-corrected chi connectivity index (χ3v) is 6.47. The van der Waals surface area contributed by atoms with Crippen LogP contribution in [0.4, 0.5) is 5.69 Å². The Morgan fingerprint density at radius 2 is 1.87 bits per heavy atom. The Morgan fingerprint density at radius 3 is 2.58 bits per heavy atom. The van der Waals surface area contributed by atoms with Crippen molar-refractivity contribution in [2.45, 2.75) is 24.3 Å². The van der Waals surface area contributed by atoms with Crippen LogP contribution < -0.4 is 5.32 Å². The Bertz CT molecular complexity index is 1220. The van der Waals surface area contributed by atoms with E-state index in [4.69, 9.17) is 27.6 Å². The molecule has 4 rings (SSSR count). The van der Waals surface area contributed by atoms with Crippen molar-refractivity contribution in [2.24, 2.45) is 0 Å². The maximum atomic E-state index is 12.8. The van der Waals surface area contributed by atoms with E-state index < -0.39 is 5.25 Å². The van der Waals surface area contributed by atoms with Gasteiger partial charge in [-0.15, -0.1) is 10.2 Å². The van der Waals surface area contributed by atoms with E-state index in [1.165, 1.54) is 11.8 Å². The van der Waals surface area contributed by atoms with E-state index in [1.54, 1.807) is 31.4 Å². The smallest absolute Gasteiger partial charge is 0.237 e. The van der Waals surface area contributed by atoms with E-state index in [1.807, 2.05) is 47.9 Å². The van der Waals surface area contributed by atoms with Gasteiger partial charge in [0.1, 0.15) is 5.76 Å². The number of hydrogen-bond acceptors (Lipinski definition) is 5. The van der Waals surface area contributed by atoms with Gasteiger partial charge in [-0.3, -0.25) is 9.36 Å². The molecule has 0 saturated heterocycles. The summed E-state index contributed by atoms with van der Waals surface area (Å²) < 4.78 is 7.37. The molecule has 2 heterocycles. The summed E-state index contributed by atoms with van der Waals surface area (Å²) >= 11 is 13.5. The maximum absolute atomic E-state index is 12.8. The first-order valence-corrected chi connectivity index (χ1v) is 11.1. The Balaban J connectivity index is 1.64. The summed E-state index contributed by atoms with van der Waals surface area (Å²) in [6, 6.07) is 16.7. The average molecular weight is 473 g/mol. The first-order valence-electron chi connectivity index (χ1n) is 9.42. The van der Waals surface area contributed by atoms with Crippen LogP contribution in [0.15, 0.2) is 70.4 Å². The summed E-state index contributed by atoms with van der Waals surface area (Å²) in [7, 11) is 0. The monoisotopic (exact) mass is 472 g/mol. The highest BCUT2D eigenvalue weighted by atomic mass is 35.5. The van der Waals surface area contributed by atoms with Crippen molar-refractivity contribution in [2.75, 3.05) is 5.32 Å². The summed E-state index contributed by atoms with van der Waals surface area (Å²) in [6.45, 7) is 3.67. The van der Waals surface area contributed by atoms with Gasteiger partial charge in [-0.05, 0) is 44.2 Å². The highest BCUT2D eigenvalue weighted by Crippen LogP contribution is 2.33. The Kier molecular flexibility index (Phi) is 6.36. The molecule has 1 atom stereocenters. The van der Waals surface area contributed by atoms with Crippen molar-refractivity contribution in [1.82, 2.24) is 14.8 Å². The van der Waals surface area contributed by atoms with Crippen molar-refractivity contribution < 1.29 is 9.21 Å². The fourth-order valence-corrected chi connectivity index (χ4v) is 4.21. The molecule has 0 aliphatic carbocycles. The number of halogens is 2. The van der Waals surface area contributed by atoms with Gasteiger partial charge in [0, 0.05) is 5.69 Å². The van der Waals surface area contributed by atoms with Crippen LogP contribution in [0.5, 0.6) is 0 Å². The van der Waals surface area contributed by atoms with Crippen LogP contribution >= 0.6 is 35.0 Å². The third kappa shape index (κ3) is 4.49. The van der Waals surface area contributed by atoms with Gasteiger partial charge < -0.3 is 9.73 Å². The minimum Gasteiger partial charge on any atom is -0.469 e. The van der Waals surface area contributed by atoms with Gasteiger partial charge in [0.05, 0.1) is 32.8 Å². The predicted octanol–water partition coefficient (Wildman–Crippen LogP) is 6.26. The zero-order valence-electron chi connectivity index (χ0n) is 16.7. The number of anilines is 1. The standard InChI is InChI=1S/C22H18Cl2N4O2S/c1-13-16(11-12-30-13)20-26-27-22(28(20)15-7-4-3-5-8-15)31-14(2)21(29)25-18-10-6-9-17(23)19(18)24/h3-12,14H,1-2H3,(H,25,29). The molecule has 0 bridgehead atoms. The minimum atomic E-state index is -0.472. The number of nitrogens with zero attached hydrogens (tertiary/aromatic N) is 3. The molecule has 6 nitrogen and oxygen atoms in total. The Labute approximate surface area is 193 Å². The molecule has 0 saturated carbocycles. The Morgan fingerprint density at radius 1 is 1.10 bits per heavy atom. The lowest BCUT2D eigenvalue weighted by atomic mass is 10.2. The van der Waals surface area contributed by atoms with Crippen molar-refractivity contribution in [3.05, 3.63) is 76.7 Å². The van der Waals surface area contributed by atoms with Crippen LogP contribution in [0.25, 0.3) is 17.1 Å². The largest absolute Gasteiger partial charge is 0.469 e. The van der Waals surface area contributed by atoms with Crippen molar-refractivity contribution in [3.8, 4) is 17.1 Å². The van der Waals surface area contributed by atoms with Gasteiger partial charge in [0.25, 0.3) is 0 Å². The van der Waals surface area contributed by atoms with E-state index in [0.29, 0.717) is 26.7 Å². The third-order valence-electron chi connectivity index (χ3n) is 4.61. The molecule has 4 aromatic rings. The van der Waals surface area contributed by atoms with Crippen LogP contribution in [-0.2, 0) is 4.79 Å². The van der Waals surface area contributed by atoms with Crippen molar-refractivity contribution in [3.63, 3.8) is 0 Å². The zero-order valence-corrected chi connectivity index (χ0v) is 19.0. The first-order chi connectivity index (χ1) is 15.0. The molecule has 0 fully saturated rings. The van der Waals surface area contributed by atoms with Crippen molar-refractivity contribution in [1.29, 1.82) is 0 Å². The fraction of sp³-hybridized carbons (Fsp3) is 0.136. The number of hydrogen-bond donors (Lipinski definition) is 1. The van der Waals surface area contributed by atoms with Crippen LogP contribution in [0.1, 0.15) is 12.7 Å².